The minimum absolute atomic E-state index is 0.0573. The first kappa shape index (κ1) is 17.8. The van der Waals surface area contributed by atoms with Crippen molar-refractivity contribution in [2.45, 2.75) is 44.5 Å². The first-order valence-corrected chi connectivity index (χ1v) is 5.46. The molecule has 0 aromatic heterocycles. The van der Waals surface area contributed by atoms with Gasteiger partial charge >= 0.3 is 12.1 Å². The van der Waals surface area contributed by atoms with E-state index in [-0.39, 0.29) is 6.61 Å². The number of carbonyl (C=O) groups is 1. The maximum Gasteiger partial charge on any atom is 0.425 e. The van der Waals surface area contributed by atoms with Crippen molar-refractivity contribution in [2.24, 2.45) is 0 Å². The van der Waals surface area contributed by atoms with Gasteiger partial charge in [-0.25, -0.2) is 18.0 Å². The zero-order chi connectivity index (χ0) is 15.3. The van der Waals surface area contributed by atoms with Gasteiger partial charge in [-0.3, -0.25) is 0 Å². The Kier molecular flexibility index (Phi) is 6.38. The lowest BCUT2D eigenvalue weighted by Crippen LogP contribution is -2.42. The highest BCUT2D eigenvalue weighted by atomic mass is 19.4. The van der Waals surface area contributed by atoms with Gasteiger partial charge < -0.3 is 4.74 Å². The van der Waals surface area contributed by atoms with E-state index in [1.807, 2.05) is 0 Å². The van der Waals surface area contributed by atoms with Crippen LogP contribution in [0, 0.1) is 0 Å². The van der Waals surface area contributed by atoms with Crippen LogP contribution in [0.4, 0.5) is 26.3 Å². The van der Waals surface area contributed by atoms with Crippen LogP contribution in [0.1, 0.15) is 26.2 Å². The highest BCUT2D eigenvalue weighted by Gasteiger charge is 2.57. The van der Waals surface area contributed by atoms with Crippen LogP contribution in [-0.4, -0.2) is 30.8 Å². The number of hydrogen-bond donors (Lipinski definition) is 0. The predicted molar refractivity (Wildman–Crippen MR) is 55.5 cm³/mol. The smallest absolute Gasteiger partial charge is 0.425 e. The molecule has 8 heteroatoms. The first-order valence-electron chi connectivity index (χ1n) is 5.46. The molecule has 0 saturated carbocycles. The number of ether oxygens (including phenoxy) is 1. The highest BCUT2D eigenvalue weighted by Crippen LogP contribution is 2.38. The molecule has 0 aliphatic heterocycles. The van der Waals surface area contributed by atoms with Crippen LogP contribution >= 0.6 is 0 Å². The number of esters is 1. The summed E-state index contributed by atoms with van der Waals surface area (Å²) in [5, 5.41) is 0. The molecule has 0 bridgehead atoms. The summed E-state index contributed by atoms with van der Waals surface area (Å²) in [6, 6.07) is 0. The maximum atomic E-state index is 12.9. The van der Waals surface area contributed by atoms with Crippen molar-refractivity contribution in [3.05, 3.63) is 12.2 Å². The standard InChI is InChI=1S/C11H14F6O2/c1-3-4-5-19-8(18)7(2)6-10(13,14)9(12)11(15,16)17/h9H,2-6H2,1H3. The number of unbranched alkanes of at least 4 members (excludes halogenated alkanes) is 1. The monoisotopic (exact) mass is 292 g/mol. The van der Waals surface area contributed by atoms with Gasteiger partial charge in [0.25, 0.3) is 12.1 Å². The number of rotatable bonds is 7. The van der Waals surface area contributed by atoms with Gasteiger partial charge in [-0.2, -0.15) is 13.2 Å². The van der Waals surface area contributed by atoms with E-state index in [1.54, 1.807) is 6.92 Å². The summed E-state index contributed by atoms with van der Waals surface area (Å²) in [6.45, 7) is 4.62. The van der Waals surface area contributed by atoms with Gasteiger partial charge in [-0.1, -0.05) is 19.9 Å². The number of hydrogen-bond acceptors (Lipinski definition) is 2. The van der Waals surface area contributed by atoms with Gasteiger partial charge in [0.1, 0.15) is 0 Å². The molecule has 0 fully saturated rings. The van der Waals surface area contributed by atoms with Crippen molar-refractivity contribution in [3.8, 4) is 0 Å². The molecule has 0 saturated heterocycles. The molecule has 19 heavy (non-hydrogen) atoms. The third-order valence-corrected chi connectivity index (χ3v) is 2.13. The highest BCUT2D eigenvalue weighted by molar-refractivity contribution is 5.87. The number of halogens is 6. The fraction of sp³-hybridized carbons (Fsp3) is 0.727. The topological polar surface area (TPSA) is 26.3 Å². The first-order chi connectivity index (χ1) is 8.52. The fourth-order valence-corrected chi connectivity index (χ4v) is 1.10. The van der Waals surface area contributed by atoms with Crippen LogP contribution in [0.3, 0.4) is 0 Å². The summed E-state index contributed by atoms with van der Waals surface area (Å²) >= 11 is 0. The molecule has 1 atom stereocenters. The molecule has 0 heterocycles. The van der Waals surface area contributed by atoms with Crippen LogP contribution in [0.2, 0.25) is 0 Å². The zero-order valence-electron chi connectivity index (χ0n) is 10.2. The molecule has 0 radical (unpaired) electrons. The third-order valence-electron chi connectivity index (χ3n) is 2.13. The molecule has 0 aromatic rings. The minimum Gasteiger partial charge on any atom is -0.462 e. The van der Waals surface area contributed by atoms with Crippen LogP contribution < -0.4 is 0 Å². The van der Waals surface area contributed by atoms with Gasteiger partial charge in [-0.05, 0) is 6.42 Å². The molecule has 112 valence electrons. The van der Waals surface area contributed by atoms with Crippen molar-refractivity contribution in [3.63, 3.8) is 0 Å². The molecule has 0 aromatic carbocycles. The van der Waals surface area contributed by atoms with Gasteiger partial charge in [0, 0.05) is 12.0 Å². The van der Waals surface area contributed by atoms with E-state index in [1.165, 1.54) is 0 Å². The SMILES string of the molecule is C=C(CC(F)(F)C(F)C(F)(F)F)C(=O)OCCCC. The van der Waals surface area contributed by atoms with E-state index in [0.29, 0.717) is 12.8 Å². The largest absolute Gasteiger partial charge is 0.462 e. The molecule has 0 N–H and O–H groups in total. The summed E-state index contributed by atoms with van der Waals surface area (Å²) < 4.78 is 78.5. The van der Waals surface area contributed by atoms with E-state index in [0.717, 1.165) is 0 Å². The molecule has 0 spiro atoms. The average Bonchev–Trinajstić information content (AvgIpc) is 2.26. The quantitative estimate of drug-likeness (QED) is 0.309. The molecule has 2 nitrogen and oxygen atoms in total. The van der Waals surface area contributed by atoms with Crippen molar-refractivity contribution >= 4 is 5.97 Å². The van der Waals surface area contributed by atoms with Gasteiger partial charge in [-0.15, -0.1) is 0 Å². The summed E-state index contributed by atoms with van der Waals surface area (Å²) in [7, 11) is 0. The van der Waals surface area contributed by atoms with E-state index >= 15 is 0 Å². The Morgan fingerprint density at radius 3 is 2.21 bits per heavy atom. The third kappa shape index (κ3) is 5.98. The molecule has 0 aliphatic rings. The average molecular weight is 292 g/mol. The van der Waals surface area contributed by atoms with Gasteiger partial charge in [0.05, 0.1) is 6.61 Å². The second kappa shape index (κ2) is 6.81. The zero-order valence-corrected chi connectivity index (χ0v) is 10.2. The Morgan fingerprint density at radius 2 is 1.79 bits per heavy atom. The lowest BCUT2D eigenvalue weighted by Gasteiger charge is -2.22. The fourth-order valence-electron chi connectivity index (χ4n) is 1.10. The van der Waals surface area contributed by atoms with Crippen molar-refractivity contribution in [2.75, 3.05) is 6.61 Å². The van der Waals surface area contributed by atoms with Crippen molar-refractivity contribution < 1.29 is 35.9 Å². The Balaban J connectivity index is 4.49. The number of carbonyl (C=O) groups excluding carboxylic acids is 1. The van der Waals surface area contributed by atoms with Crippen LogP contribution in [0.5, 0.6) is 0 Å². The maximum absolute atomic E-state index is 12.9. The van der Waals surface area contributed by atoms with E-state index in [2.05, 4.69) is 11.3 Å². The second-order valence-electron chi connectivity index (χ2n) is 3.94. The molecule has 0 amide bonds. The Labute approximate surface area is 106 Å². The molecular formula is C11H14F6O2. The van der Waals surface area contributed by atoms with Gasteiger partial charge in [0.2, 0.25) is 0 Å². The van der Waals surface area contributed by atoms with E-state index in [9.17, 15) is 31.1 Å². The van der Waals surface area contributed by atoms with Crippen LogP contribution in [0.25, 0.3) is 0 Å². The predicted octanol–water partition coefficient (Wildman–Crippen LogP) is 3.81. The lowest BCUT2D eigenvalue weighted by atomic mass is 10.0. The van der Waals surface area contributed by atoms with E-state index < -0.39 is 36.2 Å². The lowest BCUT2D eigenvalue weighted by molar-refractivity contribution is -0.243. The minimum atomic E-state index is -5.70. The second-order valence-corrected chi connectivity index (χ2v) is 3.94. The van der Waals surface area contributed by atoms with Gasteiger partial charge in [0.15, 0.2) is 0 Å². The molecule has 0 rings (SSSR count). The summed E-state index contributed by atoms with van der Waals surface area (Å²) in [5.41, 5.74) is -0.895. The summed E-state index contributed by atoms with van der Waals surface area (Å²) in [6.07, 6.45) is -10.6. The molecular weight excluding hydrogens is 278 g/mol. The Bertz CT molecular complexity index is 324. The molecule has 1 unspecified atom stereocenters. The summed E-state index contributed by atoms with van der Waals surface area (Å²) in [4.78, 5) is 11.1. The number of alkyl halides is 6. The Hall–Kier alpha value is -1.21. The summed E-state index contributed by atoms with van der Waals surface area (Å²) in [5.74, 6) is -6.00. The Morgan fingerprint density at radius 1 is 1.26 bits per heavy atom. The van der Waals surface area contributed by atoms with E-state index in [4.69, 9.17) is 0 Å². The van der Waals surface area contributed by atoms with Crippen molar-refractivity contribution in [1.29, 1.82) is 0 Å². The normalized spacial score (nSPS) is 14.1. The van der Waals surface area contributed by atoms with Crippen molar-refractivity contribution in [1.82, 2.24) is 0 Å². The van der Waals surface area contributed by atoms with Crippen LogP contribution in [-0.2, 0) is 9.53 Å². The van der Waals surface area contributed by atoms with Crippen LogP contribution in [0.15, 0.2) is 12.2 Å². The molecule has 0 aliphatic carbocycles.